The lowest BCUT2D eigenvalue weighted by Crippen LogP contribution is -2.51. The Morgan fingerprint density at radius 3 is 2.75 bits per heavy atom. The lowest BCUT2D eigenvalue weighted by molar-refractivity contribution is -0.134. The summed E-state index contributed by atoms with van der Waals surface area (Å²) in [4.78, 5) is 14.4. The summed E-state index contributed by atoms with van der Waals surface area (Å²) in [5.74, 6) is 1.22. The van der Waals surface area contributed by atoms with Crippen molar-refractivity contribution in [3.63, 3.8) is 0 Å². The number of nitrogens with one attached hydrogen (secondary N) is 1. The lowest BCUT2D eigenvalue weighted by atomic mass is 9.89. The number of carbonyl (C=O) groups is 1. The highest BCUT2D eigenvalue weighted by Gasteiger charge is 2.37. The molecule has 1 aromatic heterocycles. The molecule has 1 amide bonds. The van der Waals surface area contributed by atoms with Gasteiger partial charge in [-0.3, -0.25) is 4.79 Å². The van der Waals surface area contributed by atoms with Crippen molar-refractivity contribution in [1.82, 2.24) is 14.8 Å². The summed E-state index contributed by atoms with van der Waals surface area (Å²) in [5, 5.41) is 12.8. The van der Waals surface area contributed by atoms with Crippen LogP contribution in [0.3, 0.4) is 0 Å². The molecule has 1 saturated heterocycles. The normalized spacial score (nSPS) is 24.0. The van der Waals surface area contributed by atoms with Gasteiger partial charge in [0.25, 0.3) is 0 Å². The molecule has 5 nitrogen and oxygen atoms in total. The minimum Gasteiger partial charge on any atom is -0.342 e. The second kappa shape index (κ2) is 6.98. The Morgan fingerprint density at radius 1 is 1.42 bits per heavy atom. The number of carbonyl (C=O) groups excluding carboxylic acids is 1. The summed E-state index contributed by atoms with van der Waals surface area (Å²) in [6.45, 7) is 6.83. The fraction of sp³-hybridized carbons (Fsp3) is 0.684. The maximum Gasteiger partial charge on any atom is 0.225 e. The Labute approximate surface area is 144 Å². The van der Waals surface area contributed by atoms with E-state index in [9.17, 15) is 4.79 Å². The van der Waals surface area contributed by atoms with Crippen molar-refractivity contribution in [3.8, 4) is 6.07 Å². The van der Waals surface area contributed by atoms with Crippen LogP contribution < -0.4 is 5.32 Å². The van der Waals surface area contributed by atoms with Crippen molar-refractivity contribution in [3.05, 3.63) is 23.0 Å². The van der Waals surface area contributed by atoms with Crippen LogP contribution in [0.2, 0.25) is 0 Å². The molecule has 1 N–H and O–H groups in total. The van der Waals surface area contributed by atoms with Crippen LogP contribution in [0.4, 0.5) is 0 Å². The second-order valence-corrected chi connectivity index (χ2v) is 7.31. The topological polar surface area (TPSA) is 61.1 Å². The van der Waals surface area contributed by atoms with Crippen LogP contribution in [0, 0.1) is 30.1 Å². The zero-order chi connectivity index (χ0) is 17.3. The van der Waals surface area contributed by atoms with Crippen LogP contribution >= 0.6 is 0 Å². The Balaban J connectivity index is 1.59. The van der Waals surface area contributed by atoms with Gasteiger partial charge in [0.15, 0.2) is 0 Å². The Bertz CT molecular complexity index is 653. The molecule has 2 heterocycles. The van der Waals surface area contributed by atoms with E-state index < -0.39 is 0 Å². The van der Waals surface area contributed by atoms with Crippen LogP contribution in [-0.2, 0) is 18.4 Å². The van der Waals surface area contributed by atoms with Crippen molar-refractivity contribution in [2.24, 2.45) is 18.9 Å². The van der Waals surface area contributed by atoms with Gasteiger partial charge in [0.2, 0.25) is 5.91 Å². The van der Waals surface area contributed by atoms with Gasteiger partial charge in [-0.15, -0.1) is 0 Å². The average Bonchev–Trinajstić information content (AvgIpc) is 3.41. The molecule has 1 aromatic rings. The van der Waals surface area contributed by atoms with Gasteiger partial charge in [0, 0.05) is 44.3 Å². The molecule has 0 bridgehead atoms. The van der Waals surface area contributed by atoms with Crippen molar-refractivity contribution in [1.29, 1.82) is 5.26 Å². The fourth-order valence-corrected chi connectivity index (χ4v) is 3.79. The molecule has 5 heteroatoms. The van der Waals surface area contributed by atoms with E-state index in [1.54, 1.807) is 0 Å². The molecule has 1 aliphatic carbocycles. The molecule has 3 rings (SSSR count). The second-order valence-electron chi connectivity index (χ2n) is 7.31. The maximum atomic E-state index is 12.3. The maximum absolute atomic E-state index is 12.3. The Kier molecular flexibility index (Phi) is 4.96. The van der Waals surface area contributed by atoms with Crippen molar-refractivity contribution < 1.29 is 4.79 Å². The molecule has 2 fully saturated rings. The Hall–Kier alpha value is -1.80. The van der Waals surface area contributed by atoms with Gasteiger partial charge in [-0.05, 0) is 43.7 Å². The molecule has 0 unspecified atom stereocenters. The molecule has 0 radical (unpaired) electrons. The molecular weight excluding hydrogens is 300 g/mol. The third kappa shape index (κ3) is 3.34. The van der Waals surface area contributed by atoms with E-state index in [2.05, 4.69) is 30.1 Å². The minimum atomic E-state index is 0.323. The standard InChI is InChI=1S/C19H28N4O/c1-4-14-12-23(19(24)15-5-6-15)8-7-18(14)21-11-16-9-17(10-20)22(3)13(16)2/h9,14-15,18,21H,4-8,11-12H2,1-3H3/t14-,18-/m1/s1. The van der Waals surface area contributed by atoms with Gasteiger partial charge in [-0.25, -0.2) is 0 Å². The fourth-order valence-electron chi connectivity index (χ4n) is 3.79. The summed E-state index contributed by atoms with van der Waals surface area (Å²) >= 11 is 0. The zero-order valence-electron chi connectivity index (χ0n) is 15.0. The van der Waals surface area contributed by atoms with Crippen molar-refractivity contribution in [2.75, 3.05) is 13.1 Å². The predicted molar refractivity (Wildman–Crippen MR) is 93.2 cm³/mol. The van der Waals surface area contributed by atoms with Gasteiger partial charge in [0.1, 0.15) is 11.8 Å². The molecule has 2 aliphatic rings. The number of amides is 1. The number of nitriles is 1. The van der Waals surface area contributed by atoms with Crippen LogP contribution in [0.25, 0.3) is 0 Å². The molecule has 1 aliphatic heterocycles. The highest BCUT2D eigenvalue weighted by molar-refractivity contribution is 5.81. The predicted octanol–water partition coefficient (Wildman–Crippen LogP) is 2.33. The van der Waals surface area contributed by atoms with Gasteiger partial charge in [0.05, 0.1) is 0 Å². The SMILES string of the molecule is CC[C@@H]1CN(C(=O)C2CC2)CC[C@H]1NCc1cc(C#N)n(C)c1C. The summed E-state index contributed by atoms with van der Waals surface area (Å²) in [6.07, 6.45) is 4.28. The molecule has 2 atom stereocenters. The number of nitrogens with zero attached hydrogens (tertiary/aromatic N) is 3. The highest BCUT2D eigenvalue weighted by Crippen LogP contribution is 2.33. The third-order valence-electron chi connectivity index (χ3n) is 5.81. The third-order valence-corrected chi connectivity index (χ3v) is 5.81. The number of hydrogen-bond donors (Lipinski definition) is 1. The Morgan fingerprint density at radius 2 is 2.17 bits per heavy atom. The van der Waals surface area contributed by atoms with Crippen LogP contribution in [0.5, 0.6) is 0 Å². The summed E-state index contributed by atoms with van der Waals surface area (Å²) in [7, 11) is 1.94. The molecule has 1 saturated carbocycles. The molecule has 130 valence electrons. The van der Waals surface area contributed by atoms with E-state index in [1.165, 1.54) is 5.56 Å². The average molecular weight is 328 g/mol. The van der Waals surface area contributed by atoms with E-state index in [1.807, 2.05) is 17.7 Å². The largest absolute Gasteiger partial charge is 0.342 e. The highest BCUT2D eigenvalue weighted by atomic mass is 16.2. The van der Waals surface area contributed by atoms with Gasteiger partial charge in [-0.2, -0.15) is 5.26 Å². The monoisotopic (exact) mass is 328 g/mol. The quantitative estimate of drug-likeness (QED) is 0.902. The van der Waals surface area contributed by atoms with E-state index in [0.717, 1.165) is 51.0 Å². The van der Waals surface area contributed by atoms with Crippen molar-refractivity contribution in [2.45, 2.75) is 52.1 Å². The van der Waals surface area contributed by atoms with Crippen LogP contribution in [0.1, 0.15) is 49.6 Å². The van der Waals surface area contributed by atoms with Crippen LogP contribution in [0.15, 0.2) is 6.07 Å². The number of piperidine rings is 1. The molecule has 24 heavy (non-hydrogen) atoms. The molecule has 0 aromatic carbocycles. The number of likely N-dealkylation sites (tertiary alicyclic amines) is 1. The summed E-state index contributed by atoms with van der Waals surface area (Å²) < 4.78 is 1.95. The van der Waals surface area contributed by atoms with E-state index in [4.69, 9.17) is 5.26 Å². The molecule has 0 spiro atoms. The van der Waals surface area contributed by atoms with Gasteiger partial charge < -0.3 is 14.8 Å². The first-order valence-electron chi connectivity index (χ1n) is 9.12. The first-order valence-corrected chi connectivity index (χ1v) is 9.12. The van der Waals surface area contributed by atoms with Crippen LogP contribution in [-0.4, -0.2) is 34.5 Å². The van der Waals surface area contributed by atoms with E-state index >= 15 is 0 Å². The lowest BCUT2D eigenvalue weighted by Gasteiger charge is -2.39. The summed E-state index contributed by atoms with van der Waals surface area (Å²) in [6, 6.07) is 4.67. The number of hydrogen-bond acceptors (Lipinski definition) is 3. The molecular formula is C19H28N4O. The van der Waals surface area contributed by atoms with E-state index in [-0.39, 0.29) is 0 Å². The van der Waals surface area contributed by atoms with Crippen molar-refractivity contribution >= 4 is 5.91 Å². The zero-order valence-corrected chi connectivity index (χ0v) is 15.0. The first-order chi connectivity index (χ1) is 11.5. The minimum absolute atomic E-state index is 0.323. The number of aromatic nitrogens is 1. The number of rotatable bonds is 5. The smallest absolute Gasteiger partial charge is 0.225 e. The summed E-state index contributed by atoms with van der Waals surface area (Å²) in [5.41, 5.74) is 3.05. The van der Waals surface area contributed by atoms with Gasteiger partial charge >= 0.3 is 0 Å². The van der Waals surface area contributed by atoms with Gasteiger partial charge in [-0.1, -0.05) is 13.3 Å². The first kappa shape index (κ1) is 17.0. The van der Waals surface area contributed by atoms with E-state index in [0.29, 0.717) is 29.5 Å².